The van der Waals surface area contributed by atoms with E-state index in [0.717, 1.165) is 30.4 Å². The van der Waals surface area contributed by atoms with Crippen molar-refractivity contribution < 1.29 is 0 Å². The first kappa shape index (κ1) is 12.9. The van der Waals surface area contributed by atoms with Gasteiger partial charge < -0.3 is 15.5 Å². The van der Waals surface area contributed by atoms with Crippen molar-refractivity contribution in [3.63, 3.8) is 0 Å². The van der Waals surface area contributed by atoms with Gasteiger partial charge in [0.25, 0.3) is 0 Å². The Labute approximate surface area is 119 Å². The fraction of sp³-hybridized carbons (Fsp3) is 0.333. The summed E-state index contributed by atoms with van der Waals surface area (Å²) in [5.41, 5.74) is 2.36. The highest BCUT2D eigenvalue weighted by Crippen LogP contribution is 2.23. The number of benzene rings is 1. The molecule has 0 spiro atoms. The normalized spacial score (nSPS) is 14.7. The second-order valence-electron chi connectivity index (χ2n) is 5.16. The monoisotopic (exact) mass is 269 g/mol. The van der Waals surface area contributed by atoms with Crippen LogP contribution in [0.2, 0.25) is 0 Å². The molecule has 5 nitrogen and oxygen atoms in total. The summed E-state index contributed by atoms with van der Waals surface area (Å²) in [7, 11) is 2.02. The summed E-state index contributed by atoms with van der Waals surface area (Å²) in [5.74, 6) is 1.77. The molecule has 1 aliphatic rings. The highest BCUT2D eigenvalue weighted by Gasteiger charge is 2.17. The molecular weight excluding hydrogens is 250 g/mol. The van der Waals surface area contributed by atoms with Crippen LogP contribution in [-0.4, -0.2) is 36.1 Å². The van der Waals surface area contributed by atoms with E-state index in [9.17, 15) is 0 Å². The maximum atomic E-state index is 4.36. The van der Waals surface area contributed by atoms with E-state index in [4.69, 9.17) is 0 Å². The molecule has 0 atom stereocenters. The third kappa shape index (κ3) is 2.72. The van der Waals surface area contributed by atoms with Gasteiger partial charge in [-0.25, -0.2) is 9.97 Å². The Bertz CT molecular complexity index is 594. The summed E-state index contributed by atoms with van der Waals surface area (Å²) >= 11 is 0. The fourth-order valence-electron chi connectivity index (χ4n) is 2.18. The second-order valence-corrected chi connectivity index (χ2v) is 5.16. The van der Waals surface area contributed by atoms with E-state index in [2.05, 4.69) is 56.7 Å². The van der Waals surface area contributed by atoms with Gasteiger partial charge in [0, 0.05) is 31.9 Å². The van der Waals surface area contributed by atoms with Crippen LogP contribution in [0.1, 0.15) is 5.56 Å². The van der Waals surface area contributed by atoms with Crippen LogP contribution < -0.4 is 15.5 Å². The minimum absolute atomic E-state index is 0.474. The molecule has 0 radical (unpaired) electrons. The summed E-state index contributed by atoms with van der Waals surface area (Å²) < 4.78 is 0. The zero-order chi connectivity index (χ0) is 13.9. The molecule has 1 aromatic carbocycles. The van der Waals surface area contributed by atoms with Gasteiger partial charge in [0.1, 0.15) is 18.0 Å². The summed E-state index contributed by atoms with van der Waals surface area (Å²) in [6, 6.07) is 10.8. The lowest BCUT2D eigenvalue weighted by Gasteiger charge is -2.28. The van der Waals surface area contributed by atoms with Crippen LogP contribution in [0.3, 0.4) is 0 Å². The standard InChI is InChI=1S/C15H19N5/c1-11-4-3-5-13(6-11)20(2)15-7-14(17-10-18-15)19-12-8-16-9-12/h3-7,10,12,16H,8-9H2,1-2H3,(H,17,18,19). The van der Waals surface area contributed by atoms with Crippen molar-refractivity contribution in [2.75, 3.05) is 30.4 Å². The molecule has 1 aliphatic heterocycles. The fourth-order valence-corrected chi connectivity index (χ4v) is 2.18. The van der Waals surface area contributed by atoms with E-state index in [0.29, 0.717) is 6.04 Å². The molecule has 0 bridgehead atoms. The molecule has 104 valence electrons. The van der Waals surface area contributed by atoms with Gasteiger partial charge >= 0.3 is 0 Å². The summed E-state index contributed by atoms with van der Waals surface area (Å²) in [5, 5.41) is 6.63. The first-order chi connectivity index (χ1) is 9.72. The molecule has 5 heteroatoms. The molecule has 2 heterocycles. The van der Waals surface area contributed by atoms with Crippen molar-refractivity contribution in [2.45, 2.75) is 13.0 Å². The van der Waals surface area contributed by atoms with Crippen LogP contribution in [0.25, 0.3) is 0 Å². The molecule has 0 amide bonds. The number of nitrogens with one attached hydrogen (secondary N) is 2. The predicted molar refractivity (Wildman–Crippen MR) is 81.6 cm³/mol. The van der Waals surface area contributed by atoms with E-state index in [1.165, 1.54) is 5.56 Å². The molecule has 1 fully saturated rings. The lowest BCUT2D eigenvalue weighted by atomic mass is 10.2. The van der Waals surface area contributed by atoms with Crippen molar-refractivity contribution in [1.29, 1.82) is 0 Å². The van der Waals surface area contributed by atoms with Gasteiger partial charge in [-0.3, -0.25) is 0 Å². The number of anilines is 3. The lowest BCUT2D eigenvalue weighted by molar-refractivity contribution is 0.471. The van der Waals surface area contributed by atoms with Gasteiger partial charge in [-0.15, -0.1) is 0 Å². The zero-order valence-corrected chi connectivity index (χ0v) is 11.8. The largest absolute Gasteiger partial charge is 0.365 e. The van der Waals surface area contributed by atoms with Crippen molar-refractivity contribution >= 4 is 17.3 Å². The number of aryl methyl sites for hydroxylation is 1. The maximum Gasteiger partial charge on any atom is 0.138 e. The Morgan fingerprint density at radius 1 is 1.25 bits per heavy atom. The van der Waals surface area contributed by atoms with E-state index in [-0.39, 0.29) is 0 Å². The average molecular weight is 269 g/mol. The number of aromatic nitrogens is 2. The first-order valence-electron chi connectivity index (χ1n) is 6.82. The van der Waals surface area contributed by atoms with Crippen molar-refractivity contribution in [3.8, 4) is 0 Å². The Kier molecular flexibility index (Phi) is 3.52. The Morgan fingerprint density at radius 2 is 2.10 bits per heavy atom. The van der Waals surface area contributed by atoms with Gasteiger partial charge in [-0.1, -0.05) is 12.1 Å². The average Bonchev–Trinajstić information content (AvgIpc) is 2.42. The van der Waals surface area contributed by atoms with E-state index >= 15 is 0 Å². The number of hydrogen-bond donors (Lipinski definition) is 2. The summed E-state index contributed by atoms with van der Waals surface area (Å²) in [4.78, 5) is 10.7. The molecular formula is C15H19N5. The van der Waals surface area contributed by atoms with Crippen LogP contribution in [0.5, 0.6) is 0 Å². The molecule has 2 N–H and O–H groups in total. The predicted octanol–water partition coefficient (Wildman–Crippen LogP) is 1.94. The van der Waals surface area contributed by atoms with Crippen LogP contribution in [0, 0.1) is 6.92 Å². The van der Waals surface area contributed by atoms with Gasteiger partial charge in [0.05, 0.1) is 6.04 Å². The molecule has 1 aromatic heterocycles. The minimum Gasteiger partial charge on any atom is -0.365 e. The number of hydrogen-bond acceptors (Lipinski definition) is 5. The molecule has 3 rings (SSSR count). The Balaban J connectivity index is 1.80. The third-order valence-electron chi connectivity index (χ3n) is 3.52. The highest BCUT2D eigenvalue weighted by atomic mass is 15.2. The minimum atomic E-state index is 0.474. The van der Waals surface area contributed by atoms with Gasteiger partial charge in [-0.2, -0.15) is 0 Å². The molecule has 0 saturated carbocycles. The molecule has 20 heavy (non-hydrogen) atoms. The van der Waals surface area contributed by atoms with Gasteiger partial charge in [0.2, 0.25) is 0 Å². The van der Waals surface area contributed by atoms with Crippen molar-refractivity contribution in [3.05, 3.63) is 42.2 Å². The Hall–Kier alpha value is -2.14. The Morgan fingerprint density at radius 3 is 2.80 bits per heavy atom. The van der Waals surface area contributed by atoms with Gasteiger partial charge in [-0.05, 0) is 24.6 Å². The van der Waals surface area contributed by atoms with Crippen LogP contribution in [0.15, 0.2) is 36.7 Å². The second kappa shape index (κ2) is 5.46. The lowest BCUT2D eigenvalue weighted by Crippen LogP contribution is -2.51. The first-order valence-corrected chi connectivity index (χ1v) is 6.82. The number of rotatable bonds is 4. The van der Waals surface area contributed by atoms with Crippen LogP contribution in [0.4, 0.5) is 17.3 Å². The van der Waals surface area contributed by atoms with E-state index in [1.807, 2.05) is 13.1 Å². The SMILES string of the molecule is Cc1cccc(N(C)c2cc(NC3CNC3)ncn2)c1. The highest BCUT2D eigenvalue weighted by molar-refractivity contribution is 5.62. The van der Waals surface area contributed by atoms with Gasteiger partial charge in [0.15, 0.2) is 0 Å². The molecule has 2 aromatic rings. The van der Waals surface area contributed by atoms with E-state index in [1.54, 1.807) is 6.33 Å². The van der Waals surface area contributed by atoms with E-state index < -0.39 is 0 Å². The topological polar surface area (TPSA) is 53.1 Å². The quantitative estimate of drug-likeness (QED) is 0.888. The third-order valence-corrected chi connectivity index (χ3v) is 3.52. The zero-order valence-electron chi connectivity index (χ0n) is 11.8. The maximum absolute atomic E-state index is 4.36. The summed E-state index contributed by atoms with van der Waals surface area (Å²) in [6.07, 6.45) is 1.61. The van der Waals surface area contributed by atoms with Crippen molar-refractivity contribution in [1.82, 2.24) is 15.3 Å². The van der Waals surface area contributed by atoms with Crippen LogP contribution in [-0.2, 0) is 0 Å². The smallest absolute Gasteiger partial charge is 0.138 e. The summed E-state index contributed by atoms with van der Waals surface area (Å²) in [6.45, 7) is 4.08. The van der Waals surface area contributed by atoms with Crippen molar-refractivity contribution in [2.24, 2.45) is 0 Å². The van der Waals surface area contributed by atoms with Crippen LogP contribution >= 0.6 is 0 Å². The number of nitrogens with zero attached hydrogens (tertiary/aromatic N) is 3. The molecule has 0 aliphatic carbocycles. The molecule has 1 saturated heterocycles. The molecule has 0 unspecified atom stereocenters.